The number of carbonyl (C=O) groups excluding carboxylic acids is 2. The topological polar surface area (TPSA) is 58.6 Å². The molecule has 0 atom stereocenters. The van der Waals surface area contributed by atoms with E-state index in [0.29, 0.717) is 30.7 Å². The van der Waals surface area contributed by atoms with E-state index in [4.69, 9.17) is 4.74 Å². The van der Waals surface area contributed by atoms with Gasteiger partial charge in [-0.1, -0.05) is 24.3 Å². The Morgan fingerprint density at radius 1 is 1.04 bits per heavy atom. The molecule has 5 heteroatoms. The number of nitrogens with zero attached hydrogens (tertiary/aromatic N) is 1. The molecule has 24 heavy (non-hydrogen) atoms. The van der Waals surface area contributed by atoms with Crippen molar-refractivity contribution in [1.82, 2.24) is 4.90 Å². The SMILES string of the molecule is CN(C)C(=O)c1cccc(NC(=O)CCCOc2ccccc2)c1. The first kappa shape index (κ1) is 17.5. The van der Waals surface area contributed by atoms with Crippen molar-refractivity contribution in [3.8, 4) is 5.75 Å². The molecule has 0 saturated carbocycles. The smallest absolute Gasteiger partial charge is 0.253 e. The lowest BCUT2D eigenvalue weighted by atomic mass is 10.1. The number of hydrogen-bond donors (Lipinski definition) is 1. The molecule has 0 aromatic heterocycles. The summed E-state index contributed by atoms with van der Waals surface area (Å²) in [6.45, 7) is 0.483. The predicted molar refractivity (Wildman–Crippen MR) is 94.3 cm³/mol. The van der Waals surface area contributed by atoms with E-state index in [-0.39, 0.29) is 11.8 Å². The maximum absolute atomic E-state index is 12.0. The van der Waals surface area contributed by atoms with Crippen molar-refractivity contribution in [3.05, 3.63) is 60.2 Å². The predicted octanol–water partition coefficient (Wildman–Crippen LogP) is 3.19. The van der Waals surface area contributed by atoms with Gasteiger partial charge in [-0.15, -0.1) is 0 Å². The van der Waals surface area contributed by atoms with E-state index in [1.807, 2.05) is 30.3 Å². The molecule has 0 bridgehead atoms. The second kappa shape index (κ2) is 8.72. The van der Waals surface area contributed by atoms with Crippen molar-refractivity contribution >= 4 is 17.5 Å². The lowest BCUT2D eigenvalue weighted by molar-refractivity contribution is -0.116. The molecule has 0 aliphatic heterocycles. The fourth-order valence-corrected chi connectivity index (χ4v) is 2.15. The number of hydrogen-bond acceptors (Lipinski definition) is 3. The second-order valence-corrected chi connectivity index (χ2v) is 5.59. The van der Waals surface area contributed by atoms with Gasteiger partial charge in [0.05, 0.1) is 6.61 Å². The highest BCUT2D eigenvalue weighted by atomic mass is 16.5. The molecule has 0 radical (unpaired) electrons. The molecule has 0 saturated heterocycles. The van der Waals surface area contributed by atoms with E-state index in [9.17, 15) is 9.59 Å². The highest BCUT2D eigenvalue weighted by molar-refractivity contribution is 5.96. The third-order valence-corrected chi connectivity index (χ3v) is 3.36. The molecule has 0 fully saturated rings. The van der Waals surface area contributed by atoms with Crippen LogP contribution in [0.3, 0.4) is 0 Å². The minimum atomic E-state index is -0.0962. The van der Waals surface area contributed by atoms with Crippen molar-refractivity contribution in [1.29, 1.82) is 0 Å². The third kappa shape index (κ3) is 5.43. The zero-order valence-corrected chi connectivity index (χ0v) is 14.0. The summed E-state index contributed by atoms with van der Waals surface area (Å²) in [6.07, 6.45) is 0.982. The van der Waals surface area contributed by atoms with Crippen LogP contribution in [-0.2, 0) is 4.79 Å². The maximum Gasteiger partial charge on any atom is 0.253 e. The summed E-state index contributed by atoms with van der Waals surface area (Å²) < 4.78 is 5.55. The van der Waals surface area contributed by atoms with Crippen LogP contribution in [0.25, 0.3) is 0 Å². The van der Waals surface area contributed by atoms with Gasteiger partial charge in [0, 0.05) is 31.8 Å². The average Bonchev–Trinajstić information content (AvgIpc) is 2.59. The molecule has 0 spiro atoms. The molecule has 1 N–H and O–H groups in total. The molecular weight excluding hydrogens is 304 g/mol. The molecular formula is C19H22N2O3. The summed E-state index contributed by atoms with van der Waals surface area (Å²) in [6, 6.07) is 16.4. The van der Waals surface area contributed by atoms with E-state index in [1.165, 1.54) is 4.90 Å². The molecule has 2 rings (SSSR count). The van der Waals surface area contributed by atoms with E-state index in [1.54, 1.807) is 38.4 Å². The lowest BCUT2D eigenvalue weighted by Gasteiger charge is -2.12. The summed E-state index contributed by atoms with van der Waals surface area (Å²) in [5.41, 5.74) is 1.17. The molecule has 0 aliphatic carbocycles. The number of anilines is 1. The van der Waals surface area contributed by atoms with Gasteiger partial charge in [-0.05, 0) is 36.8 Å². The quantitative estimate of drug-likeness (QED) is 0.795. The second-order valence-electron chi connectivity index (χ2n) is 5.59. The van der Waals surface area contributed by atoms with Crippen LogP contribution in [0.4, 0.5) is 5.69 Å². The third-order valence-electron chi connectivity index (χ3n) is 3.36. The fraction of sp³-hybridized carbons (Fsp3) is 0.263. The van der Waals surface area contributed by atoms with Crippen molar-refractivity contribution in [2.24, 2.45) is 0 Å². The van der Waals surface area contributed by atoms with Gasteiger partial charge >= 0.3 is 0 Å². The number of para-hydroxylation sites is 1. The van der Waals surface area contributed by atoms with Gasteiger partial charge in [0.25, 0.3) is 5.91 Å². The van der Waals surface area contributed by atoms with Crippen LogP contribution in [0.5, 0.6) is 5.75 Å². The van der Waals surface area contributed by atoms with Gasteiger partial charge < -0.3 is 15.0 Å². The molecule has 2 amide bonds. The first-order valence-electron chi connectivity index (χ1n) is 7.85. The standard InChI is InChI=1S/C19H22N2O3/c1-21(2)19(23)15-8-6-9-16(14-15)20-18(22)12-7-13-24-17-10-4-3-5-11-17/h3-6,8-11,14H,7,12-13H2,1-2H3,(H,20,22). The first-order chi connectivity index (χ1) is 11.6. The van der Waals surface area contributed by atoms with Crippen LogP contribution in [0.1, 0.15) is 23.2 Å². The molecule has 0 heterocycles. The van der Waals surface area contributed by atoms with Crippen molar-refractivity contribution in [3.63, 3.8) is 0 Å². The maximum atomic E-state index is 12.0. The molecule has 5 nitrogen and oxygen atoms in total. The summed E-state index contributed by atoms with van der Waals surface area (Å²) in [5.74, 6) is 0.608. The molecule has 0 unspecified atom stereocenters. The minimum absolute atomic E-state index is 0.0950. The zero-order chi connectivity index (χ0) is 17.4. The van der Waals surface area contributed by atoms with Gasteiger partial charge in [-0.2, -0.15) is 0 Å². The van der Waals surface area contributed by atoms with Crippen LogP contribution < -0.4 is 10.1 Å². The number of ether oxygens (including phenoxy) is 1. The Morgan fingerprint density at radius 2 is 1.79 bits per heavy atom. The minimum Gasteiger partial charge on any atom is -0.494 e. The highest BCUT2D eigenvalue weighted by Gasteiger charge is 2.09. The average molecular weight is 326 g/mol. The Morgan fingerprint density at radius 3 is 2.50 bits per heavy atom. The Bertz CT molecular complexity index is 684. The summed E-state index contributed by atoms with van der Waals surface area (Å²) in [5, 5.41) is 2.81. The molecule has 2 aromatic carbocycles. The van der Waals surface area contributed by atoms with Crippen LogP contribution in [0.2, 0.25) is 0 Å². The highest BCUT2D eigenvalue weighted by Crippen LogP contribution is 2.13. The van der Waals surface area contributed by atoms with Crippen LogP contribution in [0, 0.1) is 0 Å². The fourth-order valence-electron chi connectivity index (χ4n) is 2.15. The van der Waals surface area contributed by atoms with Crippen LogP contribution in [0.15, 0.2) is 54.6 Å². The molecule has 126 valence electrons. The number of carbonyl (C=O) groups is 2. The number of rotatable bonds is 7. The van der Waals surface area contributed by atoms with E-state index >= 15 is 0 Å². The Kier molecular flexibility index (Phi) is 6.37. The zero-order valence-electron chi connectivity index (χ0n) is 14.0. The van der Waals surface area contributed by atoms with Gasteiger partial charge in [0.15, 0.2) is 0 Å². The van der Waals surface area contributed by atoms with Crippen molar-refractivity contribution < 1.29 is 14.3 Å². The van der Waals surface area contributed by atoms with Gasteiger partial charge in [-0.3, -0.25) is 9.59 Å². The monoisotopic (exact) mass is 326 g/mol. The van der Waals surface area contributed by atoms with Crippen LogP contribution in [-0.4, -0.2) is 37.4 Å². The van der Waals surface area contributed by atoms with Crippen LogP contribution >= 0.6 is 0 Å². The number of benzene rings is 2. The Labute approximate surface area is 142 Å². The summed E-state index contributed by atoms with van der Waals surface area (Å²) >= 11 is 0. The molecule has 2 aromatic rings. The van der Waals surface area contributed by atoms with E-state index in [2.05, 4.69) is 5.32 Å². The first-order valence-corrected chi connectivity index (χ1v) is 7.85. The van der Waals surface area contributed by atoms with E-state index < -0.39 is 0 Å². The number of nitrogens with one attached hydrogen (secondary N) is 1. The van der Waals surface area contributed by atoms with E-state index in [0.717, 1.165) is 5.75 Å². The normalized spacial score (nSPS) is 10.1. The lowest BCUT2D eigenvalue weighted by Crippen LogP contribution is -2.22. The van der Waals surface area contributed by atoms with Crippen molar-refractivity contribution in [2.75, 3.05) is 26.0 Å². The largest absolute Gasteiger partial charge is 0.494 e. The Balaban J connectivity index is 1.78. The Hall–Kier alpha value is -2.82. The van der Waals surface area contributed by atoms with Crippen molar-refractivity contribution in [2.45, 2.75) is 12.8 Å². The molecule has 0 aliphatic rings. The van der Waals surface area contributed by atoms with Gasteiger partial charge in [0.1, 0.15) is 5.75 Å². The number of amides is 2. The van der Waals surface area contributed by atoms with Gasteiger partial charge in [-0.25, -0.2) is 0 Å². The van der Waals surface area contributed by atoms with Gasteiger partial charge in [0.2, 0.25) is 5.91 Å². The summed E-state index contributed by atoms with van der Waals surface area (Å²) in [4.78, 5) is 25.4. The summed E-state index contributed by atoms with van der Waals surface area (Å²) in [7, 11) is 3.39.